The lowest BCUT2D eigenvalue weighted by atomic mass is 10.1. The highest BCUT2D eigenvalue weighted by molar-refractivity contribution is 6.41. The van der Waals surface area contributed by atoms with Crippen LogP contribution in [0.4, 0.5) is 0 Å². The summed E-state index contributed by atoms with van der Waals surface area (Å²) in [5, 5.41) is 8.72. The van der Waals surface area contributed by atoms with Crippen molar-refractivity contribution in [3.63, 3.8) is 0 Å². The van der Waals surface area contributed by atoms with Gasteiger partial charge in [0.1, 0.15) is 5.03 Å². The minimum atomic E-state index is -0.941. The van der Waals surface area contributed by atoms with Gasteiger partial charge in [-0.05, 0) is 25.3 Å². The average Bonchev–Trinajstić information content (AvgIpc) is 2.95. The van der Waals surface area contributed by atoms with E-state index in [0.717, 1.165) is 0 Å². The number of carbonyl (C=O) groups is 2. The van der Waals surface area contributed by atoms with Gasteiger partial charge in [0.25, 0.3) is 0 Å². The first-order chi connectivity index (χ1) is 7.02. The molecule has 1 rings (SSSR count). The van der Waals surface area contributed by atoms with Crippen molar-refractivity contribution in [1.29, 1.82) is 0 Å². The molecule has 0 aromatic carbocycles. The standard InChI is InChI=1S/C10H13ClO4/c1-2-5-15-8(12)7(11)6-10(3-4-10)9(13)14/h6H,2-5H2,1H3,(H,13,14)/b7-6+. The average molecular weight is 233 g/mol. The number of halogens is 1. The highest BCUT2D eigenvalue weighted by Gasteiger charge is 2.49. The van der Waals surface area contributed by atoms with Crippen LogP contribution in [-0.4, -0.2) is 23.7 Å². The third kappa shape index (κ3) is 2.96. The fourth-order valence-corrected chi connectivity index (χ4v) is 1.38. The summed E-state index contributed by atoms with van der Waals surface area (Å²) in [5.41, 5.74) is -0.928. The molecule has 0 radical (unpaired) electrons. The van der Waals surface area contributed by atoms with Crippen LogP contribution in [0.2, 0.25) is 0 Å². The second-order valence-electron chi connectivity index (χ2n) is 3.59. The van der Waals surface area contributed by atoms with Crippen LogP contribution in [-0.2, 0) is 14.3 Å². The maximum absolute atomic E-state index is 11.2. The third-order valence-electron chi connectivity index (χ3n) is 2.25. The molecule has 4 nitrogen and oxygen atoms in total. The molecule has 1 aliphatic rings. The Kier molecular flexibility index (Phi) is 3.74. The van der Waals surface area contributed by atoms with E-state index in [1.165, 1.54) is 6.08 Å². The number of carboxylic acids is 1. The van der Waals surface area contributed by atoms with Crippen molar-refractivity contribution < 1.29 is 19.4 Å². The summed E-state index contributed by atoms with van der Waals surface area (Å²) in [6.45, 7) is 2.16. The molecule has 0 atom stereocenters. The Bertz CT molecular complexity index is 305. The molecule has 0 aliphatic heterocycles. The highest BCUT2D eigenvalue weighted by atomic mass is 35.5. The summed E-state index contributed by atoms with van der Waals surface area (Å²) in [6, 6.07) is 0. The molecule has 1 N–H and O–H groups in total. The van der Waals surface area contributed by atoms with Crippen LogP contribution in [0, 0.1) is 5.41 Å². The van der Waals surface area contributed by atoms with Gasteiger partial charge in [0.05, 0.1) is 12.0 Å². The lowest BCUT2D eigenvalue weighted by Gasteiger charge is -2.05. The van der Waals surface area contributed by atoms with E-state index in [0.29, 0.717) is 25.9 Å². The maximum Gasteiger partial charge on any atom is 0.349 e. The summed E-state index contributed by atoms with van der Waals surface area (Å²) in [5.74, 6) is -1.59. The summed E-state index contributed by atoms with van der Waals surface area (Å²) >= 11 is 5.66. The van der Waals surface area contributed by atoms with E-state index < -0.39 is 17.4 Å². The maximum atomic E-state index is 11.2. The number of aliphatic carboxylic acids is 1. The minimum absolute atomic E-state index is 0.136. The molecule has 0 aromatic rings. The smallest absolute Gasteiger partial charge is 0.349 e. The number of hydrogen-bond acceptors (Lipinski definition) is 3. The molecule has 0 heterocycles. The minimum Gasteiger partial charge on any atom is -0.481 e. The van der Waals surface area contributed by atoms with Crippen LogP contribution in [0.1, 0.15) is 26.2 Å². The van der Waals surface area contributed by atoms with Gasteiger partial charge < -0.3 is 9.84 Å². The fraction of sp³-hybridized carbons (Fsp3) is 0.600. The van der Waals surface area contributed by atoms with Crippen LogP contribution in [0.3, 0.4) is 0 Å². The highest BCUT2D eigenvalue weighted by Crippen LogP contribution is 2.48. The van der Waals surface area contributed by atoms with Gasteiger partial charge in [0.15, 0.2) is 0 Å². The molecule has 1 fully saturated rings. The number of carboxylic acid groups (broad SMARTS) is 1. The van der Waals surface area contributed by atoms with Crippen LogP contribution < -0.4 is 0 Å². The predicted octanol–water partition coefficient (Wildman–Crippen LogP) is 1.93. The van der Waals surface area contributed by atoms with E-state index in [2.05, 4.69) is 0 Å². The summed E-state index contributed by atoms with van der Waals surface area (Å²) < 4.78 is 4.77. The largest absolute Gasteiger partial charge is 0.481 e. The third-order valence-corrected chi connectivity index (χ3v) is 2.51. The fourth-order valence-electron chi connectivity index (χ4n) is 1.12. The van der Waals surface area contributed by atoms with Crippen LogP contribution >= 0.6 is 11.6 Å². The van der Waals surface area contributed by atoms with Gasteiger partial charge in [-0.1, -0.05) is 18.5 Å². The molecule has 1 aliphatic carbocycles. The zero-order chi connectivity index (χ0) is 11.5. The molecule has 1 saturated carbocycles. The van der Waals surface area contributed by atoms with Gasteiger partial charge in [0, 0.05) is 0 Å². The normalized spacial score (nSPS) is 18.4. The van der Waals surface area contributed by atoms with Crippen molar-refractivity contribution in [3.05, 3.63) is 11.1 Å². The van der Waals surface area contributed by atoms with Gasteiger partial charge in [-0.15, -0.1) is 0 Å². The summed E-state index contributed by atoms with van der Waals surface area (Å²) in [6.07, 6.45) is 3.05. The number of carbonyl (C=O) groups excluding carboxylic acids is 1. The van der Waals surface area contributed by atoms with Crippen molar-refractivity contribution in [1.82, 2.24) is 0 Å². The van der Waals surface area contributed by atoms with Gasteiger partial charge in [-0.3, -0.25) is 4.79 Å². The van der Waals surface area contributed by atoms with E-state index in [9.17, 15) is 9.59 Å². The van der Waals surface area contributed by atoms with E-state index in [4.69, 9.17) is 21.4 Å². The quantitative estimate of drug-likeness (QED) is 0.581. The SMILES string of the molecule is CCCOC(=O)/C(Cl)=C\C1(C(=O)O)CC1. The first kappa shape index (κ1) is 12.0. The first-order valence-corrected chi connectivity index (χ1v) is 5.18. The topological polar surface area (TPSA) is 63.6 Å². The van der Waals surface area contributed by atoms with Gasteiger partial charge in [0.2, 0.25) is 0 Å². The Labute approximate surface area is 92.9 Å². The molecular formula is C10H13ClO4. The van der Waals surface area contributed by atoms with Gasteiger partial charge >= 0.3 is 11.9 Å². The Hall–Kier alpha value is -1.03. The molecule has 0 unspecified atom stereocenters. The Morgan fingerprint density at radius 3 is 2.53 bits per heavy atom. The monoisotopic (exact) mass is 232 g/mol. The summed E-state index contributed by atoms with van der Waals surface area (Å²) in [7, 11) is 0. The summed E-state index contributed by atoms with van der Waals surface area (Å²) in [4.78, 5) is 22.0. The van der Waals surface area contributed by atoms with Crippen LogP contribution in [0.25, 0.3) is 0 Å². The molecule has 0 spiro atoms. The number of hydrogen-bond donors (Lipinski definition) is 1. The first-order valence-electron chi connectivity index (χ1n) is 4.81. The van der Waals surface area contributed by atoms with Crippen molar-refractivity contribution in [2.45, 2.75) is 26.2 Å². The Morgan fingerprint density at radius 1 is 1.53 bits per heavy atom. The van der Waals surface area contributed by atoms with Gasteiger partial charge in [-0.2, -0.15) is 0 Å². The van der Waals surface area contributed by atoms with E-state index in [1.807, 2.05) is 6.92 Å². The van der Waals surface area contributed by atoms with Crippen molar-refractivity contribution in [3.8, 4) is 0 Å². The van der Waals surface area contributed by atoms with Crippen LogP contribution in [0.5, 0.6) is 0 Å². The number of ether oxygens (including phenoxy) is 1. The number of rotatable bonds is 5. The molecule has 0 saturated heterocycles. The second kappa shape index (κ2) is 4.66. The van der Waals surface area contributed by atoms with Gasteiger partial charge in [-0.25, -0.2) is 4.79 Å². The molecule has 84 valence electrons. The molecule has 15 heavy (non-hydrogen) atoms. The van der Waals surface area contributed by atoms with E-state index in [-0.39, 0.29) is 5.03 Å². The molecule has 0 bridgehead atoms. The molecule has 0 amide bonds. The molecule has 5 heteroatoms. The Balaban J connectivity index is 2.59. The Morgan fingerprint density at radius 2 is 2.13 bits per heavy atom. The van der Waals surface area contributed by atoms with Crippen molar-refractivity contribution in [2.24, 2.45) is 5.41 Å². The lowest BCUT2D eigenvalue weighted by Crippen LogP contribution is -2.14. The van der Waals surface area contributed by atoms with Crippen molar-refractivity contribution in [2.75, 3.05) is 6.61 Å². The second-order valence-corrected chi connectivity index (χ2v) is 4.00. The lowest BCUT2D eigenvalue weighted by molar-refractivity contribution is -0.141. The molecular weight excluding hydrogens is 220 g/mol. The zero-order valence-electron chi connectivity index (χ0n) is 8.46. The predicted molar refractivity (Wildman–Crippen MR) is 54.5 cm³/mol. The zero-order valence-corrected chi connectivity index (χ0v) is 9.21. The number of esters is 1. The van der Waals surface area contributed by atoms with Crippen molar-refractivity contribution >= 4 is 23.5 Å². The van der Waals surface area contributed by atoms with E-state index >= 15 is 0 Å². The van der Waals surface area contributed by atoms with Crippen LogP contribution in [0.15, 0.2) is 11.1 Å². The molecule has 0 aromatic heterocycles. The van der Waals surface area contributed by atoms with E-state index in [1.54, 1.807) is 0 Å².